The maximum atomic E-state index is 13.7. The van der Waals surface area contributed by atoms with Crippen LogP contribution in [0.1, 0.15) is 43.7 Å². The van der Waals surface area contributed by atoms with Crippen molar-refractivity contribution in [1.82, 2.24) is 35.2 Å². The average molecular weight is 626 g/mol. The third-order valence-electron chi connectivity index (χ3n) is 7.21. The van der Waals surface area contributed by atoms with E-state index in [1.165, 1.54) is 10.7 Å². The van der Waals surface area contributed by atoms with Crippen molar-refractivity contribution in [2.45, 2.75) is 44.2 Å². The monoisotopic (exact) mass is 624 g/mol. The van der Waals surface area contributed by atoms with E-state index in [1.54, 1.807) is 35.3 Å². The highest BCUT2D eigenvalue weighted by Gasteiger charge is 2.22. The van der Waals surface area contributed by atoms with Crippen LogP contribution in [0.5, 0.6) is 0 Å². The van der Waals surface area contributed by atoms with Gasteiger partial charge in [-0.2, -0.15) is 0 Å². The summed E-state index contributed by atoms with van der Waals surface area (Å²) in [5, 5.41) is 26.0. The lowest BCUT2D eigenvalue weighted by atomic mass is 9.99. The van der Waals surface area contributed by atoms with Gasteiger partial charge in [-0.25, -0.2) is 14.5 Å². The first-order chi connectivity index (χ1) is 20.8. The van der Waals surface area contributed by atoms with Gasteiger partial charge in [-0.15, -0.1) is 5.10 Å². The van der Waals surface area contributed by atoms with Crippen molar-refractivity contribution in [3.63, 3.8) is 0 Å². The molecule has 2 amide bonds. The van der Waals surface area contributed by atoms with E-state index in [-0.39, 0.29) is 35.6 Å². The predicted octanol–water partition coefficient (Wildman–Crippen LogP) is 4.52. The van der Waals surface area contributed by atoms with Crippen LogP contribution < -0.4 is 21.5 Å². The van der Waals surface area contributed by atoms with Crippen LogP contribution in [0.2, 0.25) is 10.2 Å². The molecule has 0 spiro atoms. The number of benzene rings is 2. The van der Waals surface area contributed by atoms with E-state index in [0.717, 1.165) is 24.8 Å². The van der Waals surface area contributed by atoms with E-state index >= 15 is 0 Å². The molecule has 0 saturated carbocycles. The SMILES string of the molecule is O=C(O)NCC[C@H]1Nc2cccc(c2)[C@@H](n2cnc(-c3cc(Cl)ccc3-n3cc(Cl)nn3)cc2=O)CCCCCNC1=O. The normalized spacial score (nSPS) is 17.5. The number of hydrogen-bond donors (Lipinski definition) is 4. The number of carboxylic acid groups (broad SMARTS) is 1. The quantitative estimate of drug-likeness (QED) is 0.244. The Labute approximate surface area is 257 Å². The number of nitrogens with one attached hydrogen (secondary N) is 3. The molecular weight excluding hydrogens is 595 g/mol. The molecule has 1 aliphatic heterocycles. The van der Waals surface area contributed by atoms with Gasteiger partial charge in [0.15, 0.2) is 5.15 Å². The Morgan fingerprint density at radius 3 is 2.72 bits per heavy atom. The summed E-state index contributed by atoms with van der Waals surface area (Å²) in [7, 11) is 0. The van der Waals surface area contributed by atoms with Gasteiger partial charge in [0.05, 0.1) is 29.9 Å². The predicted molar refractivity (Wildman–Crippen MR) is 163 cm³/mol. The van der Waals surface area contributed by atoms with E-state index in [0.29, 0.717) is 40.6 Å². The number of carbonyl (C=O) groups excluding carboxylic acids is 1. The zero-order valence-electron chi connectivity index (χ0n) is 23.0. The summed E-state index contributed by atoms with van der Waals surface area (Å²) in [6, 6.07) is 13.3. The van der Waals surface area contributed by atoms with Gasteiger partial charge in [0.2, 0.25) is 5.91 Å². The van der Waals surface area contributed by atoms with E-state index in [9.17, 15) is 14.4 Å². The van der Waals surface area contributed by atoms with Gasteiger partial charge in [0, 0.05) is 35.4 Å². The Morgan fingerprint density at radius 2 is 1.95 bits per heavy atom. The molecule has 2 atom stereocenters. The summed E-state index contributed by atoms with van der Waals surface area (Å²) in [5.41, 5.74) is 2.96. The van der Waals surface area contributed by atoms with Crippen LogP contribution in [0.15, 0.2) is 65.8 Å². The Bertz CT molecular complexity index is 1670. The fourth-order valence-corrected chi connectivity index (χ4v) is 5.43. The first kappa shape index (κ1) is 30.1. The fourth-order valence-electron chi connectivity index (χ4n) is 5.14. The molecule has 2 aromatic carbocycles. The molecule has 43 heavy (non-hydrogen) atoms. The molecule has 0 saturated heterocycles. The van der Waals surface area contributed by atoms with Crippen molar-refractivity contribution in [3.05, 3.63) is 87.1 Å². The van der Waals surface area contributed by atoms with Crippen molar-refractivity contribution in [1.29, 1.82) is 0 Å². The lowest BCUT2D eigenvalue weighted by Gasteiger charge is -2.22. The van der Waals surface area contributed by atoms with Gasteiger partial charge in [-0.3, -0.25) is 14.2 Å². The molecule has 0 radical (unpaired) electrons. The largest absolute Gasteiger partial charge is 0.465 e. The number of amides is 2. The highest BCUT2D eigenvalue weighted by molar-refractivity contribution is 6.31. The second-order valence-electron chi connectivity index (χ2n) is 10.2. The summed E-state index contributed by atoms with van der Waals surface area (Å²) in [4.78, 5) is 42.1. The van der Waals surface area contributed by atoms with E-state index in [4.69, 9.17) is 28.3 Å². The van der Waals surface area contributed by atoms with Crippen molar-refractivity contribution < 1.29 is 14.7 Å². The Kier molecular flexibility index (Phi) is 9.58. The number of anilines is 1. The van der Waals surface area contributed by atoms with Crippen LogP contribution in [0.3, 0.4) is 0 Å². The lowest BCUT2D eigenvalue weighted by molar-refractivity contribution is -0.121. The van der Waals surface area contributed by atoms with E-state index < -0.39 is 12.1 Å². The topological polar surface area (TPSA) is 156 Å². The molecule has 1 aliphatic rings. The van der Waals surface area contributed by atoms with Crippen molar-refractivity contribution >= 4 is 40.9 Å². The number of rotatable bonds is 6. The van der Waals surface area contributed by atoms with Gasteiger partial charge in [-0.05, 0) is 55.2 Å². The number of fused-ring (bicyclic) bond motifs is 2. The van der Waals surface area contributed by atoms with Gasteiger partial charge >= 0.3 is 6.09 Å². The van der Waals surface area contributed by atoms with Crippen molar-refractivity contribution in [2.75, 3.05) is 18.4 Å². The molecular formula is C29H30Cl2N8O4. The average Bonchev–Trinajstić information content (AvgIpc) is 3.42. The number of nitrogens with zero attached hydrogens (tertiary/aromatic N) is 5. The number of carbonyl (C=O) groups is 2. The van der Waals surface area contributed by atoms with Crippen LogP contribution in [0.25, 0.3) is 16.9 Å². The first-order valence-electron chi connectivity index (χ1n) is 13.9. The van der Waals surface area contributed by atoms with Crippen LogP contribution in [-0.2, 0) is 4.79 Å². The third-order valence-corrected chi connectivity index (χ3v) is 7.62. The van der Waals surface area contributed by atoms with E-state index in [2.05, 4.69) is 31.2 Å². The molecule has 0 aliphatic carbocycles. The summed E-state index contributed by atoms with van der Waals surface area (Å²) in [6.07, 6.45) is 5.35. The molecule has 4 aromatic rings. The lowest BCUT2D eigenvalue weighted by Crippen LogP contribution is -2.42. The van der Waals surface area contributed by atoms with Crippen LogP contribution in [0.4, 0.5) is 10.5 Å². The van der Waals surface area contributed by atoms with E-state index in [1.807, 2.05) is 24.3 Å². The minimum atomic E-state index is -1.14. The zero-order chi connectivity index (χ0) is 30.3. The number of aromatic nitrogens is 5. The third kappa shape index (κ3) is 7.51. The molecule has 12 nitrogen and oxygen atoms in total. The van der Waals surface area contributed by atoms with Gasteiger partial charge < -0.3 is 21.1 Å². The highest BCUT2D eigenvalue weighted by Crippen LogP contribution is 2.30. The smallest absolute Gasteiger partial charge is 0.404 e. The summed E-state index contributed by atoms with van der Waals surface area (Å²) < 4.78 is 3.12. The van der Waals surface area contributed by atoms with Gasteiger partial charge in [-0.1, -0.05) is 53.4 Å². The summed E-state index contributed by atoms with van der Waals surface area (Å²) in [5.74, 6) is -0.196. The molecule has 14 heteroatoms. The molecule has 5 rings (SSSR count). The minimum absolute atomic E-state index is 0.119. The van der Waals surface area contributed by atoms with Crippen molar-refractivity contribution in [2.24, 2.45) is 0 Å². The summed E-state index contributed by atoms with van der Waals surface area (Å²) >= 11 is 12.3. The second kappa shape index (κ2) is 13.7. The van der Waals surface area contributed by atoms with Crippen molar-refractivity contribution in [3.8, 4) is 16.9 Å². The van der Waals surface area contributed by atoms with Crippen LogP contribution in [0, 0.1) is 0 Å². The fraction of sp³-hybridized carbons (Fsp3) is 0.310. The molecule has 2 aromatic heterocycles. The molecule has 3 heterocycles. The number of hydrogen-bond acceptors (Lipinski definition) is 7. The standard InChI is InChI=1S/C29H30Cl2N8O4/c30-19-8-9-25(39-16-26(31)36-37-39)21(14-19)23-15-27(40)38(17-34-23)24-7-2-1-3-11-32-28(41)22(10-12-33-29(42)43)35-20-6-4-5-18(24)13-20/h4-6,8-9,13-17,22,24,33,35H,1-3,7,10-12H2,(H,32,41)(H,42,43)/t22-,24+/m1/s1. The second-order valence-corrected chi connectivity index (χ2v) is 11.0. The molecule has 4 N–H and O–H groups in total. The van der Waals surface area contributed by atoms with Crippen LogP contribution >= 0.6 is 23.2 Å². The Hall–Kier alpha value is -4.42. The number of halogens is 2. The summed E-state index contributed by atoms with van der Waals surface area (Å²) in [6.45, 7) is 0.620. The molecule has 224 valence electrons. The first-order valence-corrected chi connectivity index (χ1v) is 14.6. The molecule has 0 fully saturated rings. The van der Waals surface area contributed by atoms with Gasteiger partial charge in [0.25, 0.3) is 5.56 Å². The maximum Gasteiger partial charge on any atom is 0.404 e. The van der Waals surface area contributed by atoms with Crippen LogP contribution in [-0.4, -0.2) is 60.8 Å². The molecule has 2 bridgehead atoms. The molecule has 0 unspecified atom stereocenters. The zero-order valence-corrected chi connectivity index (χ0v) is 24.6. The maximum absolute atomic E-state index is 13.7. The Balaban J connectivity index is 1.47. The van der Waals surface area contributed by atoms with Gasteiger partial charge in [0.1, 0.15) is 6.04 Å². The highest BCUT2D eigenvalue weighted by atomic mass is 35.5. The minimum Gasteiger partial charge on any atom is -0.465 e. The Morgan fingerprint density at radius 1 is 1.09 bits per heavy atom.